The van der Waals surface area contributed by atoms with Crippen molar-refractivity contribution >= 4 is 5.97 Å². The SMILES string of the molecule is Cc1ccc(OCC(=O)[O-])cc1F. The molecule has 0 spiro atoms. The number of ether oxygens (including phenoxy) is 1. The Morgan fingerprint density at radius 3 is 2.85 bits per heavy atom. The van der Waals surface area contributed by atoms with Crippen LogP contribution in [0.3, 0.4) is 0 Å². The first-order chi connectivity index (χ1) is 6.09. The van der Waals surface area contributed by atoms with Crippen LogP contribution in [0.4, 0.5) is 4.39 Å². The van der Waals surface area contributed by atoms with Gasteiger partial charge in [-0.15, -0.1) is 0 Å². The van der Waals surface area contributed by atoms with Crippen LogP contribution in [0.1, 0.15) is 5.56 Å². The smallest absolute Gasteiger partial charge is 0.129 e. The summed E-state index contributed by atoms with van der Waals surface area (Å²) < 4.78 is 17.6. The maximum absolute atomic E-state index is 12.9. The fraction of sp³-hybridized carbons (Fsp3) is 0.222. The van der Waals surface area contributed by atoms with Gasteiger partial charge < -0.3 is 14.6 Å². The van der Waals surface area contributed by atoms with Gasteiger partial charge in [0.15, 0.2) is 0 Å². The molecule has 70 valence electrons. The van der Waals surface area contributed by atoms with Crippen molar-refractivity contribution in [1.29, 1.82) is 0 Å². The van der Waals surface area contributed by atoms with Gasteiger partial charge in [0, 0.05) is 6.07 Å². The minimum atomic E-state index is -1.33. The van der Waals surface area contributed by atoms with Crippen molar-refractivity contribution in [3.05, 3.63) is 29.6 Å². The number of carbonyl (C=O) groups excluding carboxylic acids is 1. The second-order valence-electron chi connectivity index (χ2n) is 2.57. The molecule has 4 heteroatoms. The number of hydrogen-bond donors (Lipinski definition) is 0. The van der Waals surface area contributed by atoms with Crippen molar-refractivity contribution in [3.8, 4) is 5.75 Å². The van der Waals surface area contributed by atoms with Crippen molar-refractivity contribution in [2.45, 2.75) is 6.92 Å². The predicted molar refractivity (Wildman–Crippen MR) is 41.6 cm³/mol. The van der Waals surface area contributed by atoms with Gasteiger partial charge in [-0.25, -0.2) is 4.39 Å². The van der Waals surface area contributed by atoms with Gasteiger partial charge in [-0.3, -0.25) is 0 Å². The molecule has 3 nitrogen and oxygen atoms in total. The van der Waals surface area contributed by atoms with E-state index in [4.69, 9.17) is 4.74 Å². The summed E-state index contributed by atoms with van der Waals surface area (Å²) >= 11 is 0. The van der Waals surface area contributed by atoms with E-state index in [-0.39, 0.29) is 5.75 Å². The normalized spacial score (nSPS) is 9.69. The Hall–Kier alpha value is -1.58. The van der Waals surface area contributed by atoms with E-state index in [1.165, 1.54) is 12.1 Å². The summed E-state index contributed by atoms with van der Waals surface area (Å²) in [5.74, 6) is -1.57. The molecule has 0 radical (unpaired) electrons. The largest absolute Gasteiger partial charge is 0.546 e. The summed E-state index contributed by atoms with van der Waals surface area (Å²) in [6.45, 7) is 1.04. The van der Waals surface area contributed by atoms with Gasteiger partial charge in [0.05, 0.1) is 5.97 Å². The lowest BCUT2D eigenvalue weighted by Gasteiger charge is -2.06. The summed E-state index contributed by atoms with van der Waals surface area (Å²) in [7, 11) is 0. The van der Waals surface area contributed by atoms with Gasteiger partial charge >= 0.3 is 0 Å². The average molecular weight is 183 g/mol. The lowest BCUT2D eigenvalue weighted by Crippen LogP contribution is -2.28. The summed E-state index contributed by atoms with van der Waals surface area (Å²) in [4.78, 5) is 9.99. The van der Waals surface area contributed by atoms with E-state index < -0.39 is 18.4 Å². The zero-order valence-electron chi connectivity index (χ0n) is 7.04. The van der Waals surface area contributed by atoms with Gasteiger partial charge in [-0.05, 0) is 18.6 Å². The second-order valence-corrected chi connectivity index (χ2v) is 2.57. The summed E-state index contributed by atoms with van der Waals surface area (Å²) in [5, 5.41) is 9.99. The molecule has 0 atom stereocenters. The van der Waals surface area contributed by atoms with Crippen LogP contribution in [0.5, 0.6) is 5.75 Å². The van der Waals surface area contributed by atoms with E-state index in [1.54, 1.807) is 6.92 Å². The van der Waals surface area contributed by atoms with Crippen LogP contribution < -0.4 is 9.84 Å². The molecule has 0 aliphatic carbocycles. The highest BCUT2D eigenvalue weighted by Gasteiger charge is 1.99. The third-order valence-electron chi connectivity index (χ3n) is 1.50. The summed E-state index contributed by atoms with van der Waals surface area (Å²) in [6.07, 6.45) is 0. The molecule has 0 unspecified atom stereocenters. The number of rotatable bonds is 3. The number of halogens is 1. The van der Waals surface area contributed by atoms with Gasteiger partial charge in [-0.1, -0.05) is 6.07 Å². The van der Waals surface area contributed by atoms with E-state index in [2.05, 4.69) is 0 Å². The Labute approximate surface area is 74.8 Å². The van der Waals surface area contributed by atoms with Crippen LogP contribution >= 0.6 is 0 Å². The molecule has 13 heavy (non-hydrogen) atoms. The first kappa shape index (κ1) is 9.51. The van der Waals surface area contributed by atoms with Gasteiger partial charge in [0.1, 0.15) is 18.2 Å². The standard InChI is InChI=1S/C9H9FO3/c1-6-2-3-7(4-8(6)10)13-5-9(11)12/h2-4H,5H2,1H3,(H,11,12)/p-1. The third kappa shape index (κ3) is 2.74. The highest BCUT2D eigenvalue weighted by molar-refractivity contribution is 5.66. The molecule has 0 aliphatic heterocycles. The third-order valence-corrected chi connectivity index (χ3v) is 1.50. The lowest BCUT2D eigenvalue weighted by atomic mass is 10.2. The molecule has 1 aromatic carbocycles. The number of aryl methyl sites for hydroxylation is 1. The molecule has 1 aromatic rings. The van der Waals surface area contributed by atoms with E-state index in [0.717, 1.165) is 6.07 Å². The van der Waals surface area contributed by atoms with Crippen molar-refractivity contribution < 1.29 is 19.0 Å². The molecule has 0 aromatic heterocycles. The van der Waals surface area contributed by atoms with Crippen molar-refractivity contribution in [1.82, 2.24) is 0 Å². The first-order valence-corrected chi connectivity index (χ1v) is 3.68. The van der Waals surface area contributed by atoms with Crippen LogP contribution in [-0.2, 0) is 4.79 Å². The van der Waals surface area contributed by atoms with Crippen LogP contribution in [0.2, 0.25) is 0 Å². The van der Waals surface area contributed by atoms with E-state index in [1.807, 2.05) is 0 Å². The Balaban J connectivity index is 2.68. The minimum Gasteiger partial charge on any atom is -0.546 e. The van der Waals surface area contributed by atoms with E-state index >= 15 is 0 Å². The molecule has 0 saturated heterocycles. The molecule has 0 fully saturated rings. The number of hydrogen-bond acceptors (Lipinski definition) is 3. The minimum absolute atomic E-state index is 0.187. The van der Waals surface area contributed by atoms with Gasteiger partial charge in [-0.2, -0.15) is 0 Å². The molecular formula is C9H8FO3-. The van der Waals surface area contributed by atoms with Gasteiger partial charge in [0.25, 0.3) is 0 Å². The quantitative estimate of drug-likeness (QED) is 0.675. The summed E-state index contributed by atoms with van der Waals surface area (Å²) in [5.41, 5.74) is 0.487. The number of carboxylic acids is 1. The Morgan fingerprint density at radius 2 is 2.31 bits per heavy atom. The zero-order valence-corrected chi connectivity index (χ0v) is 7.04. The Morgan fingerprint density at radius 1 is 1.62 bits per heavy atom. The monoisotopic (exact) mass is 183 g/mol. The highest BCUT2D eigenvalue weighted by atomic mass is 19.1. The molecule has 0 N–H and O–H groups in total. The number of aliphatic carboxylic acids is 1. The van der Waals surface area contributed by atoms with Crippen LogP contribution in [0, 0.1) is 12.7 Å². The van der Waals surface area contributed by atoms with Crippen LogP contribution in [-0.4, -0.2) is 12.6 Å². The molecule has 0 amide bonds. The maximum Gasteiger partial charge on any atom is 0.129 e. The fourth-order valence-corrected chi connectivity index (χ4v) is 0.806. The predicted octanol–water partition coefficient (Wildman–Crippen LogP) is 0.263. The molecule has 0 aliphatic rings. The Bertz CT molecular complexity index is 323. The number of carboxylic acid groups (broad SMARTS) is 1. The highest BCUT2D eigenvalue weighted by Crippen LogP contribution is 2.15. The fourth-order valence-electron chi connectivity index (χ4n) is 0.806. The second kappa shape index (κ2) is 3.89. The molecule has 0 bridgehead atoms. The lowest BCUT2D eigenvalue weighted by molar-refractivity contribution is -0.307. The topological polar surface area (TPSA) is 49.4 Å². The zero-order chi connectivity index (χ0) is 9.84. The van der Waals surface area contributed by atoms with E-state index in [9.17, 15) is 14.3 Å². The van der Waals surface area contributed by atoms with E-state index in [0.29, 0.717) is 5.56 Å². The molecule has 0 saturated carbocycles. The van der Waals surface area contributed by atoms with Crippen LogP contribution in [0.15, 0.2) is 18.2 Å². The first-order valence-electron chi connectivity index (χ1n) is 3.68. The summed E-state index contributed by atoms with van der Waals surface area (Å²) in [6, 6.07) is 4.15. The van der Waals surface area contributed by atoms with Crippen molar-refractivity contribution in [2.75, 3.05) is 6.61 Å². The molecule has 1 rings (SSSR count). The average Bonchev–Trinajstić information content (AvgIpc) is 2.07. The maximum atomic E-state index is 12.9. The van der Waals surface area contributed by atoms with Crippen molar-refractivity contribution in [2.24, 2.45) is 0 Å². The Kier molecular flexibility index (Phi) is 2.84. The number of benzene rings is 1. The van der Waals surface area contributed by atoms with Crippen molar-refractivity contribution in [3.63, 3.8) is 0 Å². The molecular weight excluding hydrogens is 175 g/mol. The molecule has 0 heterocycles. The van der Waals surface area contributed by atoms with Gasteiger partial charge in [0.2, 0.25) is 0 Å². The number of carbonyl (C=O) groups is 1. The van der Waals surface area contributed by atoms with Crippen LogP contribution in [0.25, 0.3) is 0 Å².